The molecule has 0 spiro atoms. The van der Waals surface area contributed by atoms with Crippen molar-refractivity contribution < 1.29 is 0 Å². The molecule has 0 aliphatic rings. The van der Waals surface area contributed by atoms with E-state index in [4.69, 9.17) is 11.6 Å². The molecule has 0 aliphatic heterocycles. The van der Waals surface area contributed by atoms with Gasteiger partial charge in [-0.3, -0.25) is 0 Å². The van der Waals surface area contributed by atoms with E-state index in [1.165, 1.54) is 12.8 Å². The highest BCUT2D eigenvalue weighted by molar-refractivity contribution is 6.30. The highest BCUT2D eigenvalue weighted by atomic mass is 35.5. The maximum absolute atomic E-state index is 6.17. The number of hydrogen-bond donors (Lipinski definition) is 0. The van der Waals surface area contributed by atoms with Crippen LogP contribution in [0.15, 0.2) is 6.33 Å². The minimum absolute atomic E-state index is 0.604. The number of halogens is 1. The molecule has 0 atom stereocenters. The van der Waals surface area contributed by atoms with Crippen LogP contribution in [0.5, 0.6) is 0 Å². The fourth-order valence-corrected chi connectivity index (χ4v) is 2.11. The van der Waals surface area contributed by atoms with Crippen LogP contribution in [0.2, 0.25) is 5.15 Å². The monoisotopic (exact) mass is 255 g/mol. The standard InChI is InChI=1S/C13H22ClN3/c1-4-7-9-17(6-3)13-11(8-5-2)12(14)15-10-16-13/h10H,4-9H2,1-3H3. The van der Waals surface area contributed by atoms with E-state index in [9.17, 15) is 0 Å². The van der Waals surface area contributed by atoms with Crippen LogP contribution in [0.4, 0.5) is 5.82 Å². The highest BCUT2D eigenvalue weighted by Crippen LogP contribution is 2.24. The van der Waals surface area contributed by atoms with Crippen LogP contribution in [0, 0.1) is 0 Å². The van der Waals surface area contributed by atoms with E-state index in [0.717, 1.165) is 37.3 Å². The smallest absolute Gasteiger partial charge is 0.137 e. The number of hydrogen-bond acceptors (Lipinski definition) is 3. The normalized spacial score (nSPS) is 10.6. The first-order valence-corrected chi connectivity index (χ1v) is 6.86. The summed E-state index contributed by atoms with van der Waals surface area (Å²) in [5.41, 5.74) is 1.09. The van der Waals surface area contributed by atoms with Crippen molar-refractivity contribution in [2.24, 2.45) is 0 Å². The fraction of sp³-hybridized carbons (Fsp3) is 0.692. The first kappa shape index (κ1) is 14.2. The van der Waals surface area contributed by atoms with E-state index < -0.39 is 0 Å². The lowest BCUT2D eigenvalue weighted by Gasteiger charge is -2.24. The van der Waals surface area contributed by atoms with Crippen molar-refractivity contribution in [2.45, 2.75) is 46.5 Å². The Bertz CT molecular complexity index is 341. The van der Waals surface area contributed by atoms with Gasteiger partial charge in [0.05, 0.1) is 0 Å². The Morgan fingerprint density at radius 1 is 1.18 bits per heavy atom. The topological polar surface area (TPSA) is 29.0 Å². The third-order valence-electron chi connectivity index (χ3n) is 2.83. The number of nitrogens with zero attached hydrogens (tertiary/aromatic N) is 3. The molecule has 0 saturated heterocycles. The van der Waals surface area contributed by atoms with Crippen molar-refractivity contribution >= 4 is 17.4 Å². The lowest BCUT2D eigenvalue weighted by molar-refractivity contribution is 0.715. The first-order valence-electron chi connectivity index (χ1n) is 6.48. The molecule has 17 heavy (non-hydrogen) atoms. The van der Waals surface area contributed by atoms with Crippen molar-refractivity contribution in [1.29, 1.82) is 0 Å². The molecule has 0 bridgehead atoms. The highest BCUT2D eigenvalue weighted by Gasteiger charge is 2.14. The molecule has 0 fully saturated rings. The van der Waals surface area contributed by atoms with Gasteiger partial charge in [-0.1, -0.05) is 38.3 Å². The zero-order valence-corrected chi connectivity index (χ0v) is 11.8. The van der Waals surface area contributed by atoms with Gasteiger partial charge in [-0.15, -0.1) is 0 Å². The molecule has 1 heterocycles. The summed E-state index contributed by atoms with van der Waals surface area (Å²) in [5, 5.41) is 0.604. The predicted molar refractivity (Wildman–Crippen MR) is 73.8 cm³/mol. The van der Waals surface area contributed by atoms with Crippen LogP contribution in [0.1, 0.15) is 45.6 Å². The molecule has 0 radical (unpaired) electrons. The second kappa shape index (κ2) is 7.49. The molecule has 0 unspecified atom stereocenters. The molecule has 0 aromatic carbocycles. The Balaban J connectivity index is 2.96. The molecular formula is C13H22ClN3. The summed E-state index contributed by atoms with van der Waals surface area (Å²) >= 11 is 6.17. The molecule has 4 heteroatoms. The van der Waals surface area contributed by atoms with Gasteiger partial charge in [-0.05, 0) is 19.8 Å². The third-order valence-corrected chi connectivity index (χ3v) is 3.16. The van der Waals surface area contributed by atoms with Crippen LogP contribution >= 0.6 is 11.6 Å². The van der Waals surface area contributed by atoms with Crippen molar-refractivity contribution in [1.82, 2.24) is 9.97 Å². The molecule has 0 amide bonds. The average molecular weight is 256 g/mol. The van der Waals surface area contributed by atoms with Crippen LogP contribution < -0.4 is 4.90 Å². The van der Waals surface area contributed by atoms with Gasteiger partial charge >= 0.3 is 0 Å². The minimum atomic E-state index is 0.604. The van der Waals surface area contributed by atoms with Crippen LogP contribution in [0.25, 0.3) is 0 Å². The molecule has 1 aromatic heterocycles. The van der Waals surface area contributed by atoms with Gasteiger partial charge in [-0.2, -0.15) is 0 Å². The molecule has 1 rings (SSSR count). The van der Waals surface area contributed by atoms with E-state index >= 15 is 0 Å². The third kappa shape index (κ3) is 3.84. The van der Waals surface area contributed by atoms with E-state index in [1.54, 1.807) is 6.33 Å². The molecule has 1 aromatic rings. The van der Waals surface area contributed by atoms with Gasteiger partial charge in [-0.25, -0.2) is 9.97 Å². The van der Waals surface area contributed by atoms with Gasteiger partial charge in [0.1, 0.15) is 17.3 Å². The Labute approximate surface area is 109 Å². The maximum Gasteiger partial charge on any atom is 0.137 e. The van der Waals surface area contributed by atoms with E-state index in [0.29, 0.717) is 5.15 Å². The van der Waals surface area contributed by atoms with E-state index in [1.807, 2.05) is 0 Å². The van der Waals surface area contributed by atoms with Crippen LogP contribution in [-0.2, 0) is 6.42 Å². The SMILES string of the molecule is CCCCN(CC)c1ncnc(Cl)c1CCC. The summed E-state index contributed by atoms with van der Waals surface area (Å²) in [6.07, 6.45) is 5.94. The number of aromatic nitrogens is 2. The minimum Gasteiger partial charge on any atom is -0.357 e. The summed E-state index contributed by atoms with van der Waals surface area (Å²) < 4.78 is 0. The van der Waals surface area contributed by atoms with E-state index in [2.05, 4.69) is 35.6 Å². The molecule has 3 nitrogen and oxygen atoms in total. The zero-order chi connectivity index (χ0) is 12.7. The summed E-state index contributed by atoms with van der Waals surface area (Å²) in [7, 11) is 0. The van der Waals surface area contributed by atoms with Gasteiger partial charge in [0, 0.05) is 18.7 Å². The lowest BCUT2D eigenvalue weighted by atomic mass is 10.1. The second-order valence-corrected chi connectivity index (χ2v) is 4.51. The number of unbranched alkanes of at least 4 members (excludes halogenated alkanes) is 1. The molecule has 0 aliphatic carbocycles. The van der Waals surface area contributed by atoms with Crippen molar-refractivity contribution in [2.75, 3.05) is 18.0 Å². The Morgan fingerprint density at radius 2 is 1.94 bits per heavy atom. The maximum atomic E-state index is 6.17. The molecule has 0 saturated carbocycles. The van der Waals surface area contributed by atoms with Crippen molar-refractivity contribution in [3.8, 4) is 0 Å². The molecule has 0 N–H and O–H groups in total. The van der Waals surface area contributed by atoms with Crippen molar-refractivity contribution in [3.63, 3.8) is 0 Å². The van der Waals surface area contributed by atoms with E-state index in [-0.39, 0.29) is 0 Å². The predicted octanol–water partition coefficient (Wildman–Crippen LogP) is 3.71. The van der Waals surface area contributed by atoms with Gasteiger partial charge in [0.15, 0.2) is 0 Å². The average Bonchev–Trinajstić information content (AvgIpc) is 2.34. The molecule has 96 valence electrons. The summed E-state index contributed by atoms with van der Waals surface area (Å²) in [6.45, 7) is 8.51. The van der Waals surface area contributed by atoms with Crippen LogP contribution in [0.3, 0.4) is 0 Å². The number of anilines is 1. The Kier molecular flexibility index (Phi) is 6.27. The first-order chi connectivity index (χ1) is 8.24. The largest absolute Gasteiger partial charge is 0.357 e. The molecular weight excluding hydrogens is 234 g/mol. The summed E-state index contributed by atoms with van der Waals surface area (Å²) in [5.74, 6) is 1.02. The summed E-state index contributed by atoms with van der Waals surface area (Å²) in [4.78, 5) is 10.8. The zero-order valence-electron chi connectivity index (χ0n) is 11.0. The van der Waals surface area contributed by atoms with Gasteiger partial charge < -0.3 is 4.90 Å². The van der Waals surface area contributed by atoms with Crippen LogP contribution in [-0.4, -0.2) is 23.1 Å². The fourth-order valence-electron chi connectivity index (χ4n) is 1.88. The van der Waals surface area contributed by atoms with Gasteiger partial charge in [0.25, 0.3) is 0 Å². The Morgan fingerprint density at radius 3 is 2.53 bits per heavy atom. The van der Waals surface area contributed by atoms with Crippen molar-refractivity contribution in [3.05, 3.63) is 17.0 Å². The summed E-state index contributed by atoms with van der Waals surface area (Å²) in [6, 6.07) is 0. The van der Waals surface area contributed by atoms with Gasteiger partial charge in [0.2, 0.25) is 0 Å². The Hall–Kier alpha value is -0.830. The second-order valence-electron chi connectivity index (χ2n) is 4.15. The lowest BCUT2D eigenvalue weighted by Crippen LogP contribution is -2.26. The number of rotatable bonds is 7. The quantitative estimate of drug-likeness (QED) is 0.696.